The van der Waals surface area contributed by atoms with Gasteiger partial charge in [0.2, 0.25) is 0 Å². The van der Waals surface area contributed by atoms with Gasteiger partial charge in [0.05, 0.1) is 28.8 Å². The number of rotatable bonds is 4. The molecule has 0 amide bonds. The molecule has 1 aromatic carbocycles. The molecule has 1 aromatic rings. The molecular formula is C18H21ClO5S. The molecule has 1 N–H and O–H groups in total. The van der Waals surface area contributed by atoms with Crippen LogP contribution < -0.4 is 0 Å². The second kappa shape index (κ2) is 7.09. The van der Waals surface area contributed by atoms with E-state index in [-0.39, 0.29) is 18.6 Å². The number of aliphatic hydroxyl groups excluding tert-OH is 1. The third kappa shape index (κ3) is 3.35. The Bertz CT molecular complexity index is 815. The molecule has 0 fully saturated rings. The monoisotopic (exact) mass is 384 g/mol. The van der Waals surface area contributed by atoms with Crippen LogP contribution >= 0.6 is 11.6 Å². The normalized spacial score (nSPS) is 26.0. The van der Waals surface area contributed by atoms with E-state index in [9.17, 15) is 18.3 Å². The molecule has 0 spiro atoms. The summed E-state index contributed by atoms with van der Waals surface area (Å²) in [5.74, 6) is -0.674. The van der Waals surface area contributed by atoms with E-state index >= 15 is 0 Å². The van der Waals surface area contributed by atoms with Gasteiger partial charge in [-0.15, -0.1) is 0 Å². The topological polar surface area (TPSA) is 80.7 Å². The molecule has 0 bridgehead atoms. The van der Waals surface area contributed by atoms with Crippen LogP contribution in [0.3, 0.4) is 0 Å². The average Bonchev–Trinajstić information content (AvgIpc) is 3.01. The van der Waals surface area contributed by atoms with Crippen molar-refractivity contribution in [1.82, 2.24) is 0 Å². The molecule has 0 aromatic heterocycles. The maximum Gasteiger partial charge on any atom is 0.335 e. The highest BCUT2D eigenvalue weighted by molar-refractivity contribution is 7.92. The molecule has 0 saturated carbocycles. The highest BCUT2D eigenvalue weighted by Crippen LogP contribution is 2.45. The van der Waals surface area contributed by atoms with Gasteiger partial charge in [-0.2, -0.15) is 0 Å². The summed E-state index contributed by atoms with van der Waals surface area (Å²) in [7, 11) is -3.70. The van der Waals surface area contributed by atoms with E-state index in [1.54, 1.807) is 13.0 Å². The number of aliphatic hydroxyl groups is 1. The molecule has 3 unspecified atom stereocenters. The van der Waals surface area contributed by atoms with Crippen LogP contribution in [0.5, 0.6) is 0 Å². The van der Waals surface area contributed by atoms with Crippen LogP contribution in [0.4, 0.5) is 0 Å². The number of hydrogen-bond acceptors (Lipinski definition) is 5. The zero-order chi connectivity index (χ0) is 18.2. The lowest BCUT2D eigenvalue weighted by atomic mass is 9.97. The van der Waals surface area contributed by atoms with Crippen LogP contribution in [-0.4, -0.2) is 37.5 Å². The van der Waals surface area contributed by atoms with Crippen molar-refractivity contribution < 1.29 is 23.1 Å². The molecule has 7 heteroatoms. The van der Waals surface area contributed by atoms with Crippen LogP contribution in [0.1, 0.15) is 42.6 Å². The molecule has 0 heterocycles. The number of fused-ring (bicyclic) bond motifs is 1. The number of ether oxygens (including phenoxy) is 1. The number of aryl methyl sites for hydroxylation is 1. The lowest BCUT2D eigenvalue weighted by molar-refractivity contribution is -0.138. The SMILES string of the molecule is CCOC(=O)C1=CC(O)CCC1S(=O)(=O)C1CCc2cccc(Cl)c21. The van der Waals surface area contributed by atoms with Crippen molar-refractivity contribution in [1.29, 1.82) is 0 Å². The number of benzene rings is 1. The van der Waals surface area contributed by atoms with Crippen molar-refractivity contribution in [2.45, 2.75) is 49.2 Å². The van der Waals surface area contributed by atoms with Crippen molar-refractivity contribution in [3.63, 3.8) is 0 Å². The Kier molecular flexibility index (Phi) is 5.23. The van der Waals surface area contributed by atoms with Crippen molar-refractivity contribution in [2.24, 2.45) is 0 Å². The number of hydrogen-bond donors (Lipinski definition) is 1. The van der Waals surface area contributed by atoms with Gasteiger partial charge in [-0.05, 0) is 55.9 Å². The van der Waals surface area contributed by atoms with Crippen LogP contribution in [0.15, 0.2) is 29.8 Å². The van der Waals surface area contributed by atoms with Gasteiger partial charge in [-0.1, -0.05) is 23.7 Å². The minimum Gasteiger partial charge on any atom is -0.463 e. The lowest BCUT2D eigenvalue weighted by Crippen LogP contribution is -2.36. The summed E-state index contributed by atoms with van der Waals surface area (Å²) in [6.45, 7) is 1.81. The van der Waals surface area contributed by atoms with Crippen molar-refractivity contribution >= 4 is 27.4 Å². The van der Waals surface area contributed by atoms with Crippen LogP contribution in [-0.2, 0) is 25.8 Å². The zero-order valence-electron chi connectivity index (χ0n) is 13.9. The van der Waals surface area contributed by atoms with E-state index in [4.69, 9.17) is 16.3 Å². The first-order valence-corrected chi connectivity index (χ1v) is 10.4. The summed E-state index contributed by atoms with van der Waals surface area (Å²) in [6.07, 6.45) is 2.10. The fourth-order valence-corrected chi connectivity index (χ4v) is 6.58. The van der Waals surface area contributed by atoms with Gasteiger partial charge in [0, 0.05) is 5.02 Å². The molecule has 136 valence electrons. The molecule has 0 radical (unpaired) electrons. The number of halogens is 1. The first kappa shape index (κ1) is 18.4. The third-order valence-electron chi connectivity index (χ3n) is 4.89. The Morgan fingerprint density at radius 1 is 1.28 bits per heavy atom. The van der Waals surface area contributed by atoms with Crippen molar-refractivity contribution in [3.8, 4) is 0 Å². The maximum atomic E-state index is 13.3. The molecule has 2 aliphatic carbocycles. The Balaban J connectivity index is 2.00. The Morgan fingerprint density at radius 2 is 2.04 bits per heavy atom. The Hall–Kier alpha value is -1.37. The summed E-state index contributed by atoms with van der Waals surface area (Å²) in [4.78, 5) is 12.2. The number of esters is 1. The van der Waals surface area contributed by atoms with Gasteiger partial charge in [-0.3, -0.25) is 0 Å². The van der Waals surface area contributed by atoms with Gasteiger partial charge < -0.3 is 9.84 Å². The van der Waals surface area contributed by atoms with Crippen LogP contribution in [0.25, 0.3) is 0 Å². The average molecular weight is 385 g/mol. The highest BCUT2D eigenvalue weighted by atomic mass is 35.5. The molecule has 0 aliphatic heterocycles. The van der Waals surface area contributed by atoms with Gasteiger partial charge in [0.1, 0.15) is 0 Å². The van der Waals surface area contributed by atoms with Crippen molar-refractivity contribution in [2.75, 3.05) is 6.61 Å². The fourth-order valence-electron chi connectivity index (χ4n) is 3.75. The second-order valence-corrected chi connectivity index (χ2v) is 9.13. The molecule has 2 aliphatic rings. The third-order valence-corrected chi connectivity index (χ3v) is 7.77. The number of carbonyl (C=O) groups excluding carboxylic acids is 1. The minimum absolute atomic E-state index is 0.0427. The van der Waals surface area contributed by atoms with Gasteiger partial charge in [0.15, 0.2) is 9.84 Å². The fraction of sp³-hybridized carbons (Fsp3) is 0.500. The van der Waals surface area contributed by atoms with E-state index in [1.807, 2.05) is 12.1 Å². The predicted octanol–water partition coefficient (Wildman–Crippen LogP) is 2.75. The molecular weight excluding hydrogens is 364 g/mol. The molecule has 0 saturated heterocycles. The quantitative estimate of drug-likeness (QED) is 0.807. The maximum absolute atomic E-state index is 13.3. The minimum atomic E-state index is -3.70. The predicted molar refractivity (Wildman–Crippen MR) is 95.2 cm³/mol. The first-order chi connectivity index (χ1) is 11.9. The van der Waals surface area contributed by atoms with E-state index in [0.717, 1.165) is 5.56 Å². The van der Waals surface area contributed by atoms with Gasteiger partial charge >= 0.3 is 5.97 Å². The number of sulfone groups is 1. The Labute approximate surface area is 152 Å². The van der Waals surface area contributed by atoms with Crippen LogP contribution in [0, 0.1) is 0 Å². The summed E-state index contributed by atoms with van der Waals surface area (Å²) >= 11 is 6.27. The van der Waals surface area contributed by atoms with Crippen LogP contribution in [0.2, 0.25) is 5.02 Å². The molecule has 3 rings (SSSR count). The lowest BCUT2D eigenvalue weighted by Gasteiger charge is -2.28. The van der Waals surface area contributed by atoms with Gasteiger partial charge in [0.25, 0.3) is 0 Å². The van der Waals surface area contributed by atoms with E-state index in [2.05, 4.69) is 0 Å². The molecule has 25 heavy (non-hydrogen) atoms. The van der Waals surface area contributed by atoms with E-state index in [1.165, 1.54) is 6.08 Å². The second-order valence-electron chi connectivity index (χ2n) is 6.40. The first-order valence-electron chi connectivity index (χ1n) is 8.43. The summed E-state index contributed by atoms with van der Waals surface area (Å²) in [5, 5.41) is 8.60. The largest absolute Gasteiger partial charge is 0.463 e. The number of carbonyl (C=O) groups is 1. The Morgan fingerprint density at radius 3 is 2.76 bits per heavy atom. The van der Waals surface area contributed by atoms with Crippen molar-refractivity contribution in [3.05, 3.63) is 46.0 Å². The van der Waals surface area contributed by atoms with E-state index < -0.39 is 32.4 Å². The van der Waals surface area contributed by atoms with E-state index in [0.29, 0.717) is 29.8 Å². The zero-order valence-corrected chi connectivity index (χ0v) is 15.5. The summed E-state index contributed by atoms with van der Waals surface area (Å²) in [6, 6.07) is 5.40. The summed E-state index contributed by atoms with van der Waals surface area (Å²) < 4.78 is 31.7. The summed E-state index contributed by atoms with van der Waals surface area (Å²) in [5.41, 5.74) is 1.64. The highest BCUT2D eigenvalue weighted by Gasteiger charge is 2.44. The molecule has 3 atom stereocenters. The smallest absolute Gasteiger partial charge is 0.335 e. The molecule has 5 nitrogen and oxygen atoms in total. The van der Waals surface area contributed by atoms with Gasteiger partial charge in [-0.25, -0.2) is 13.2 Å². The standard InChI is InChI=1S/C18H21ClO5S/c1-2-24-18(21)13-10-12(20)7-9-15(13)25(22,23)16-8-6-11-4-3-5-14(19)17(11)16/h3-5,10,12,15-16,20H,2,6-9H2,1H3.